The minimum absolute atomic E-state index is 0.381. The van der Waals surface area contributed by atoms with Crippen LogP contribution in [0.15, 0.2) is 4.47 Å². The summed E-state index contributed by atoms with van der Waals surface area (Å²) in [6.45, 7) is 5.15. The molecule has 1 heterocycles. The molecule has 4 heteroatoms. The number of halogens is 2. The van der Waals surface area contributed by atoms with Gasteiger partial charge in [-0.1, -0.05) is 6.42 Å². The molecule has 0 saturated heterocycles. The maximum Gasteiger partial charge on any atom is 0.0738 e. The number of nitrogens with zero attached hydrogens (tertiary/aromatic N) is 2. The van der Waals surface area contributed by atoms with E-state index in [0.29, 0.717) is 5.38 Å². The lowest BCUT2D eigenvalue weighted by molar-refractivity contribution is 0.353. The predicted octanol–water partition coefficient (Wildman–Crippen LogP) is 4.31. The smallest absolute Gasteiger partial charge is 0.0738 e. The van der Waals surface area contributed by atoms with Gasteiger partial charge in [-0.25, -0.2) is 0 Å². The second kappa shape index (κ2) is 5.75. The lowest BCUT2D eigenvalue weighted by atomic mass is 9.86. The Hall–Kier alpha value is -0.0200. The monoisotopic (exact) mass is 318 g/mol. The first-order chi connectivity index (χ1) is 8.11. The van der Waals surface area contributed by atoms with E-state index in [4.69, 9.17) is 11.6 Å². The summed E-state index contributed by atoms with van der Waals surface area (Å²) in [5, 5.41) is 4.93. The third-order valence-electron chi connectivity index (χ3n) is 3.65. The van der Waals surface area contributed by atoms with Gasteiger partial charge in [-0.15, -0.1) is 11.6 Å². The van der Waals surface area contributed by atoms with Crippen molar-refractivity contribution in [2.45, 2.75) is 57.9 Å². The Kier molecular flexibility index (Phi) is 4.53. The Bertz CT molecular complexity index is 389. The Balaban J connectivity index is 2.12. The molecule has 0 aromatic carbocycles. The van der Waals surface area contributed by atoms with Crippen LogP contribution in [-0.4, -0.2) is 15.2 Å². The fourth-order valence-electron chi connectivity index (χ4n) is 2.75. The molecule has 0 N–H and O–H groups in total. The summed E-state index contributed by atoms with van der Waals surface area (Å²) < 4.78 is 3.31. The van der Waals surface area contributed by atoms with Gasteiger partial charge in [0.2, 0.25) is 0 Å². The minimum atomic E-state index is 0.381. The second-order valence-corrected chi connectivity index (χ2v) is 6.41. The van der Waals surface area contributed by atoms with E-state index in [9.17, 15) is 0 Å². The van der Waals surface area contributed by atoms with Crippen LogP contribution in [-0.2, 0) is 13.0 Å². The predicted molar refractivity (Wildman–Crippen MR) is 75.6 cm³/mol. The Morgan fingerprint density at radius 2 is 2.24 bits per heavy atom. The molecule has 17 heavy (non-hydrogen) atoms. The maximum atomic E-state index is 6.26. The molecule has 2 rings (SSSR count). The topological polar surface area (TPSA) is 17.8 Å². The van der Waals surface area contributed by atoms with Crippen LogP contribution in [0.5, 0.6) is 0 Å². The molecular formula is C13H20BrClN2. The molecule has 0 radical (unpaired) electrons. The van der Waals surface area contributed by atoms with Gasteiger partial charge in [-0.05, 0) is 61.4 Å². The highest BCUT2D eigenvalue weighted by atomic mass is 79.9. The van der Waals surface area contributed by atoms with Gasteiger partial charge in [0.15, 0.2) is 0 Å². The molecule has 1 aromatic heterocycles. The first-order valence-electron chi connectivity index (χ1n) is 6.47. The quantitative estimate of drug-likeness (QED) is 0.759. The number of aromatic nitrogens is 2. The molecule has 0 aliphatic heterocycles. The third-order valence-corrected chi connectivity index (χ3v) is 5.08. The number of hydrogen-bond acceptors (Lipinski definition) is 1. The first kappa shape index (κ1) is 13.4. The molecule has 0 bridgehead atoms. The van der Waals surface area contributed by atoms with E-state index >= 15 is 0 Å². The van der Waals surface area contributed by atoms with Gasteiger partial charge in [-0.3, -0.25) is 4.68 Å². The summed E-state index contributed by atoms with van der Waals surface area (Å²) in [5.41, 5.74) is 2.45. The maximum absolute atomic E-state index is 6.26. The number of hydrogen-bond donors (Lipinski definition) is 0. The standard InChI is InChI=1S/C13H20BrClN2/c1-3-17-12(13(14)9(2)16-17)8-10-5-4-6-11(15)7-10/h10-11H,3-8H2,1-2H3. The van der Waals surface area contributed by atoms with Crippen molar-refractivity contribution in [2.75, 3.05) is 0 Å². The zero-order valence-electron chi connectivity index (χ0n) is 10.5. The zero-order chi connectivity index (χ0) is 12.4. The van der Waals surface area contributed by atoms with Gasteiger partial charge in [0.1, 0.15) is 0 Å². The summed E-state index contributed by atoms with van der Waals surface area (Å²) in [5.74, 6) is 0.726. The number of alkyl halides is 1. The normalized spacial score (nSPS) is 25.2. The summed E-state index contributed by atoms with van der Waals surface area (Å²) in [6.07, 6.45) is 6.03. The molecule has 0 amide bonds. The molecule has 1 aromatic rings. The molecule has 96 valence electrons. The van der Waals surface area contributed by atoms with Crippen LogP contribution in [0.2, 0.25) is 0 Å². The molecule has 1 saturated carbocycles. The van der Waals surface area contributed by atoms with Crippen LogP contribution in [0.1, 0.15) is 44.0 Å². The zero-order valence-corrected chi connectivity index (χ0v) is 12.9. The lowest BCUT2D eigenvalue weighted by Gasteiger charge is -2.25. The fourth-order valence-corrected chi connectivity index (χ4v) is 3.60. The van der Waals surface area contributed by atoms with Crippen LogP contribution in [0.3, 0.4) is 0 Å². The van der Waals surface area contributed by atoms with Crippen molar-refractivity contribution in [3.63, 3.8) is 0 Å². The van der Waals surface area contributed by atoms with Crippen molar-refractivity contribution in [1.82, 2.24) is 9.78 Å². The summed E-state index contributed by atoms with van der Waals surface area (Å²) >= 11 is 9.93. The molecule has 2 nitrogen and oxygen atoms in total. The van der Waals surface area contributed by atoms with Crippen molar-refractivity contribution in [3.8, 4) is 0 Å². The van der Waals surface area contributed by atoms with Crippen LogP contribution in [0.25, 0.3) is 0 Å². The van der Waals surface area contributed by atoms with E-state index in [0.717, 1.165) is 31.0 Å². The molecule has 2 unspecified atom stereocenters. The molecule has 1 fully saturated rings. The average molecular weight is 320 g/mol. The highest BCUT2D eigenvalue weighted by molar-refractivity contribution is 9.10. The molecular weight excluding hydrogens is 300 g/mol. The third kappa shape index (κ3) is 3.05. The summed E-state index contributed by atoms with van der Waals surface area (Å²) in [7, 11) is 0. The van der Waals surface area contributed by atoms with Gasteiger partial charge >= 0.3 is 0 Å². The minimum Gasteiger partial charge on any atom is -0.268 e. The van der Waals surface area contributed by atoms with Crippen molar-refractivity contribution in [3.05, 3.63) is 15.9 Å². The van der Waals surface area contributed by atoms with Gasteiger partial charge in [0.25, 0.3) is 0 Å². The van der Waals surface area contributed by atoms with E-state index in [1.54, 1.807) is 0 Å². The molecule has 1 aliphatic carbocycles. The van der Waals surface area contributed by atoms with Crippen LogP contribution in [0.4, 0.5) is 0 Å². The van der Waals surface area contributed by atoms with E-state index in [1.807, 2.05) is 0 Å². The van der Waals surface area contributed by atoms with Crippen molar-refractivity contribution in [1.29, 1.82) is 0 Å². The van der Waals surface area contributed by atoms with Gasteiger partial charge in [0, 0.05) is 11.9 Å². The van der Waals surface area contributed by atoms with Crippen LogP contribution >= 0.6 is 27.5 Å². The Morgan fingerprint density at radius 1 is 1.47 bits per heavy atom. The molecule has 2 atom stereocenters. The number of rotatable bonds is 3. The fraction of sp³-hybridized carbons (Fsp3) is 0.769. The Labute approximate surface area is 117 Å². The van der Waals surface area contributed by atoms with Crippen LogP contribution < -0.4 is 0 Å². The SMILES string of the molecule is CCn1nc(C)c(Br)c1CC1CCCC(Cl)C1. The van der Waals surface area contributed by atoms with E-state index in [1.165, 1.54) is 29.4 Å². The largest absolute Gasteiger partial charge is 0.268 e. The van der Waals surface area contributed by atoms with E-state index in [2.05, 4.69) is 39.6 Å². The lowest BCUT2D eigenvalue weighted by Crippen LogP contribution is -2.19. The van der Waals surface area contributed by atoms with Crippen molar-refractivity contribution in [2.24, 2.45) is 5.92 Å². The van der Waals surface area contributed by atoms with Gasteiger partial charge < -0.3 is 0 Å². The van der Waals surface area contributed by atoms with Crippen molar-refractivity contribution < 1.29 is 0 Å². The summed E-state index contributed by atoms with van der Waals surface area (Å²) in [6, 6.07) is 0. The van der Waals surface area contributed by atoms with Crippen molar-refractivity contribution >= 4 is 27.5 Å². The number of aryl methyl sites for hydroxylation is 2. The van der Waals surface area contributed by atoms with E-state index < -0.39 is 0 Å². The van der Waals surface area contributed by atoms with Gasteiger partial charge in [-0.2, -0.15) is 5.10 Å². The highest BCUT2D eigenvalue weighted by Gasteiger charge is 2.23. The van der Waals surface area contributed by atoms with Gasteiger partial charge in [0.05, 0.1) is 15.9 Å². The average Bonchev–Trinajstić information content (AvgIpc) is 2.57. The summed E-state index contributed by atoms with van der Waals surface area (Å²) in [4.78, 5) is 0. The second-order valence-electron chi connectivity index (χ2n) is 5.00. The first-order valence-corrected chi connectivity index (χ1v) is 7.70. The Morgan fingerprint density at radius 3 is 2.88 bits per heavy atom. The highest BCUT2D eigenvalue weighted by Crippen LogP contribution is 2.32. The molecule has 0 spiro atoms. The molecule has 1 aliphatic rings. The van der Waals surface area contributed by atoms with Crippen LogP contribution in [0, 0.1) is 12.8 Å². The van der Waals surface area contributed by atoms with E-state index in [-0.39, 0.29) is 0 Å².